The number of H-pyrrole nitrogens is 1. The van der Waals surface area contributed by atoms with E-state index < -0.39 is 5.56 Å². The lowest BCUT2D eigenvalue weighted by atomic mass is 9.95. The summed E-state index contributed by atoms with van der Waals surface area (Å²) in [5.74, 6) is 0.0174. The van der Waals surface area contributed by atoms with E-state index in [1.165, 1.54) is 12.5 Å². The van der Waals surface area contributed by atoms with E-state index in [0.29, 0.717) is 6.54 Å². The molecule has 1 aliphatic heterocycles. The van der Waals surface area contributed by atoms with Crippen LogP contribution < -0.4 is 5.56 Å². The number of hydrogen-bond donors (Lipinski definition) is 2. The lowest BCUT2D eigenvalue weighted by Crippen LogP contribution is -2.45. The fraction of sp³-hybridized carbons (Fsp3) is 0.389. The molecule has 1 atom stereocenters. The molecule has 1 aromatic heterocycles. The van der Waals surface area contributed by atoms with Gasteiger partial charge >= 0.3 is 0 Å². The number of rotatable bonds is 4. The molecule has 2 aromatic rings. The highest BCUT2D eigenvalue weighted by molar-refractivity contribution is 5.93. The molecule has 0 spiro atoms. The van der Waals surface area contributed by atoms with E-state index in [1.807, 2.05) is 17.0 Å². The van der Waals surface area contributed by atoms with Gasteiger partial charge in [0, 0.05) is 18.8 Å². The second-order valence-corrected chi connectivity index (χ2v) is 6.15. The molecule has 0 bridgehead atoms. The molecule has 2 heterocycles. The van der Waals surface area contributed by atoms with Crippen LogP contribution in [-0.4, -0.2) is 38.5 Å². The Balaban J connectivity index is 1.71. The predicted molar refractivity (Wildman–Crippen MR) is 90.0 cm³/mol. The average Bonchev–Trinajstić information content (AvgIpc) is 2.61. The van der Waals surface area contributed by atoms with Crippen LogP contribution in [0, 0.1) is 0 Å². The fourth-order valence-electron chi connectivity index (χ4n) is 3.22. The highest BCUT2D eigenvalue weighted by atomic mass is 16.3. The second-order valence-electron chi connectivity index (χ2n) is 6.15. The average molecular weight is 327 g/mol. The third kappa shape index (κ3) is 3.64. The summed E-state index contributed by atoms with van der Waals surface area (Å²) in [6.07, 6.45) is 7.30. The molecule has 6 nitrogen and oxygen atoms in total. The molecule has 0 aliphatic carbocycles. The fourth-order valence-corrected chi connectivity index (χ4v) is 3.22. The smallest absolute Gasteiger partial charge is 0.263 e. The summed E-state index contributed by atoms with van der Waals surface area (Å²) in [5, 5.41) is 9.35. The summed E-state index contributed by atoms with van der Waals surface area (Å²) in [4.78, 5) is 32.7. The van der Waals surface area contributed by atoms with Crippen molar-refractivity contribution < 1.29 is 9.90 Å². The highest BCUT2D eigenvalue weighted by Gasteiger charge is 2.28. The first-order chi connectivity index (χ1) is 11.6. The van der Waals surface area contributed by atoms with E-state index in [1.54, 1.807) is 12.1 Å². The maximum atomic E-state index is 12.7. The van der Waals surface area contributed by atoms with Crippen molar-refractivity contribution >= 4 is 5.91 Å². The Labute approximate surface area is 140 Å². The van der Waals surface area contributed by atoms with Crippen molar-refractivity contribution in [3.63, 3.8) is 0 Å². The van der Waals surface area contributed by atoms with E-state index in [-0.39, 0.29) is 23.3 Å². The Bertz CT molecular complexity index is 755. The van der Waals surface area contributed by atoms with Gasteiger partial charge in [0.1, 0.15) is 11.3 Å². The standard InChI is InChI=1S/C18H21N3O3/c22-15-8-5-13(6-9-15)4-7-14-3-1-2-10-21(14)18(24)16-11-19-12-20-17(16)23/h5-6,8-9,11-12,14,22H,1-4,7,10H2,(H,19,20,23)/t14-/m1/s1. The number of benzene rings is 1. The normalized spacial score (nSPS) is 17.7. The monoisotopic (exact) mass is 327 g/mol. The van der Waals surface area contributed by atoms with Crippen molar-refractivity contribution in [2.75, 3.05) is 6.54 Å². The van der Waals surface area contributed by atoms with Crippen molar-refractivity contribution in [3.8, 4) is 5.75 Å². The van der Waals surface area contributed by atoms with Gasteiger partial charge in [-0.25, -0.2) is 4.98 Å². The van der Waals surface area contributed by atoms with E-state index in [9.17, 15) is 14.7 Å². The third-order valence-electron chi connectivity index (χ3n) is 4.54. The summed E-state index contributed by atoms with van der Waals surface area (Å²) < 4.78 is 0. The first-order valence-corrected chi connectivity index (χ1v) is 8.27. The van der Waals surface area contributed by atoms with Crippen LogP contribution in [0.1, 0.15) is 41.6 Å². The molecule has 0 unspecified atom stereocenters. The molecule has 2 N–H and O–H groups in total. The van der Waals surface area contributed by atoms with Gasteiger partial charge in [-0.15, -0.1) is 0 Å². The highest BCUT2D eigenvalue weighted by Crippen LogP contribution is 2.23. The quantitative estimate of drug-likeness (QED) is 0.900. The minimum Gasteiger partial charge on any atom is -0.508 e. The molecule has 126 valence electrons. The van der Waals surface area contributed by atoms with E-state index in [0.717, 1.165) is 37.7 Å². The zero-order valence-corrected chi connectivity index (χ0v) is 13.4. The number of likely N-dealkylation sites (tertiary alicyclic amines) is 1. The summed E-state index contributed by atoms with van der Waals surface area (Å²) in [6.45, 7) is 0.674. The topological polar surface area (TPSA) is 86.3 Å². The van der Waals surface area contributed by atoms with E-state index >= 15 is 0 Å². The molecular weight excluding hydrogens is 306 g/mol. The van der Waals surface area contributed by atoms with Gasteiger partial charge in [0.25, 0.3) is 11.5 Å². The zero-order valence-electron chi connectivity index (χ0n) is 13.4. The number of carbonyl (C=O) groups excluding carboxylic acids is 1. The zero-order chi connectivity index (χ0) is 16.9. The molecule has 1 saturated heterocycles. The van der Waals surface area contributed by atoms with Crippen molar-refractivity contribution in [2.45, 2.75) is 38.1 Å². The predicted octanol–water partition coefficient (Wildman–Crippen LogP) is 2.10. The number of phenolic OH excluding ortho intramolecular Hbond substituents is 1. The number of amides is 1. The number of hydrogen-bond acceptors (Lipinski definition) is 4. The Morgan fingerprint density at radius 2 is 2.08 bits per heavy atom. The third-order valence-corrected chi connectivity index (χ3v) is 4.54. The van der Waals surface area contributed by atoms with Gasteiger partial charge in [-0.2, -0.15) is 0 Å². The molecule has 1 aliphatic rings. The first kappa shape index (κ1) is 16.2. The van der Waals surface area contributed by atoms with Gasteiger partial charge < -0.3 is 15.0 Å². The van der Waals surface area contributed by atoms with Gasteiger partial charge in [-0.05, 0) is 49.8 Å². The number of nitrogens with zero attached hydrogens (tertiary/aromatic N) is 2. The molecular formula is C18H21N3O3. The molecule has 6 heteroatoms. The van der Waals surface area contributed by atoms with Crippen LogP contribution in [0.25, 0.3) is 0 Å². The Kier molecular flexibility index (Phi) is 4.93. The van der Waals surface area contributed by atoms with Gasteiger partial charge in [-0.3, -0.25) is 9.59 Å². The summed E-state index contributed by atoms with van der Waals surface area (Å²) in [7, 11) is 0. The van der Waals surface area contributed by atoms with Gasteiger partial charge in [0.15, 0.2) is 0 Å². The molecule has 3 rings (SSSR count). The van der Waals surface area contributed by atoms with Gasteiger partial charge in [0.2, 0.25) is 0 Å². The Morgan fingerprint density at radius 3 is 2.83 bits per heavy atom. The van der Waals surface area contributed by atoms with E-state index in [4.69, 9.17) is 0 Å². The number of aromatic amines is 1. The second kappa shape index (κ2) is 7.29. The van der Waals surface area contributed by atoms with Crippen LogP contribution in [0.4, 0.5) is 0 Å². The Morgan fingerprint density at radius 1 is 1.29 bits per heavy atom. The maximum Gasteiger partial charge on any atom is 0.263 e. The van der Waals surface area contributed by atoms with Gasteiger partial charge in [-0.1, -0.05) is 12.1 Å². The number of phenols is 1. The number of aryl methyl sites for hydroxylation is 1. The molecule has 24 heavy (non-hydrogen) atoms. The first-order valence-electron chi connectivity index (χ1n) is 8.27. The molecule has 1 fully saturated rings. The summed E-state index contributed by atoms with van der Waals surface area (Å²) in [5.41, 5.74) is 0.844. The summed E-state index contributed by atoms with van der Waals surface area (Å²) in [6, 6.07) is 7.27. The number of nitrogens with one attached hydrogen (secondary N) is 1. The van der Waals surface area contributed by atoms with Crippen molar-refractivity contribution in [3.05, 3.63) is 58.3 Å². The number of carbonyl (C=O) groups is 1. The minimum atomic E-state index is -0.391. The van der Waals surface area contributed by atoms with E-state index in [2.05, 4.69) is 9.97 Å². The van der Waals surface area contributed by atoms with Crippen LogP contribution in [0.15, 0.2) is 41.6 Å². The van der Waals surface area contributed by atoms with Crippen LogP contribution in [0.2, 0.25) is 0 Å². The van der Waals surface area contributed by atoms with Crippen LogP contribution in [0.3, 0.4) is 0 Å². The van der Waals surface area contributed by atoms with Crippen molar-refractivity contribution in [2.24, 2.45) is 0 Å². The molecule has 1 amide bonds. The maximum absolute atomic E-state index is 12.7. The number of aromatic nitrogens is 2. The molecule has 0 radical (unpaired) electrons. The van der Waals surface area contributed by atoms with Crippen LogP contribution >= 0.6 is 0 Å². The Hall–Kier alpha value is -2.63. The lowest BCUT2D eigenvalue weighted by Gasteiger charge is -2.35. The van der Waals surface area contributed by atoms with Gasteiger partial charge in [0.05, 0.1) is 6.33 Å². The largest absolute Gasteiger partial charge is 0.508 e. The van der Waals surface area contributed by atoms with Crippen LogP contribution in [-0.2, 0) is 6.42 Å². The van der Waals surface area contributed by atoms with Crippen LogP contribution in [0.5, 0.6) is 5.75 Å². The lowest BCUT2D eigenvalue weighted by molar-refractivity contribution is 0.0599. The summed E-state index contributed by atoms with van der Waals surface area (Å²) >= 11 is 0. The SMILES string of the molecule is O=C(c1cnc[nH]c1=O)N1CCCC[C@@H]1CCc1ccc(O)cc1. The number of aromatic hydroxyl groups is 1. The number of piperidine rings is 1. The van der Waals surface area contributed by atoms with Crippen molar-refractivity contribution in [1.29, 1.82) is 0 Å². The molecule has 1 aromatic carbocycles. The van der Waals surface area contributed by atoms with Crippen molar-refractivity contribution in [1.82, 2.24) is 14.9 Å². The minimum absolute atomic E-state index is 0.106. The molecule has 0 saturated carbocycles.